The van der Waals surface area contributed by atoms with Gasteiger partial charge in [-0.3, -0.25) is 9.78 Å². The number of fused-ring (bicyclic) bond motifs is 1. The quantitative estimate of drug-likeness (QED) is 0.935. The summed E-state index contributed by atoms with van der Waals surface area (Å²) < 4.78 is 0. The molecule has 0 saturated heterocycles. The molecule has 1 N–H and O–H groups in total. The molecule has 0 atom stereocenters. The van der Waals surface area contributed by atoms with E-state index in [0.717, 1.165) is 17.7 Å². The van der Waals surface area contributed by atoms with Crippen LogP contribution in [0.15, 0.2) is 42.6 Å². The first kappa shape index (κ1) is 13.8. The molecule has 1 aromatic carbocycles. The van der Waals surface area contributed by atoms with Crippen molar-refractivity contribution in [2.45, 2.75) is 38.6 Å². The van der Waals surface area contributed by atoms with Gasteiger partial charge in [0.05, 0.1) is 18.7 Å². The minimum Gasteiger partial charge on any atom is -0.350 e. The van der Waals surface area contributed by atoms with Crippen molar-refractivity contribution in [1.82, 2.24) is 10.3 Å². The zero-order valence-electron chi connectivity index (χ0n) is 12.1. The van der Waals surface area contributed by atoms with Crippen LogP contribution in [0.5, 0.6) is 0 Å². The number of pyridine rings is 1. The Kier molecular flexibility index (Phi) is 4.29. The van der Waals surface area contributed by atoms with Gasteiger partial charge in [-0.15, -0.1) is 0 Å². The monoisotopic (exact) mass is 280 g/mol. The molecule has 1 aliphatic rings. The molecule has 0 saturated carbocycles. The molecular formula is C18H20N2O. The van der Waals surface area contributed by atoms with E-state index in [1.807, 2.05) is 18.2 Å². The molecule has 0 bridgehead atoms. The molecule has 1 amide bonds. The van der Waals surface area contributed by atoms with Crippen molar-refractivity contribution in [3.8, 4) is 0 Å². The summed E-state index contributed by atoms with van der Waals surface area (Å²) in [6.07, 6.45) is 7.07. The van der Waals surface area contributed by atoms with Crippen LogP contribution in [0, 0.1) is 0 Å². The van der Waals surface area contributed by atoms with E-state index in [9.17, 15) is 4.79 Å². The number of aryl methyl sites for hydroxylation is 2. The fraction of sp³-hybridized carbons (Fsp3) is 0.333. The average molecular weight is 280 g/mol. The Morgan fingerprint density at radius 2 is 1.95 bits per heavy atom. The van der Waals surface area contributed by atoms with Crippen LogP contribution in [-0.4, -0.2) is 10.9 Å². The van der Waals surface area contributed by atoms with Gasteiger partial charge in [0.1, 0.15) is 0 Å². The van der Waals surface area contributed by atoms with Crippen molar-refractivity contribution in [1.29, 1.82) is 0 Å². The molecule has 0 aliphatic heterocycles. The first-order valence-electron chi connectivity index (χ1n) is 7.58. The number of nitrogens with zero attached hydrogens (tertiary/aromatic N) is 1. The summed E-state index contributed by atoms with van der Waals surface area (Å²) >= 11 is 0. The van der Waals surface area contributed by atoms with Gasteiger partial charge in [-0.1, -0.05) is 24.3 Å². The smallest absolute Gasteiger partial charge is 0.224 e. The summed E-state index contributed by atoms with van der Waals surface area (Å²) in [6.45, 7) is 0.491. The van der Waals surface area contributed by atoms with E-state index in [0.29, 0.717) is 13.0 Å². The lowest BCUT2D eigenvalue weighted by Crippen LogP contribution is -2.25. The number of amides is 1. The number of hydrogen-bond donors (Lipinski definition) is 1. The second-order valence-corrected chi connectivity index (χ2v) is 5.58. The Morgan fingerprint density at radius 3 is 2.76 bits per heavy atom. The molecule has 0 fully saturated rings. The van der Waals surface area contributed by atoms with Crippen LogP contribution >= 0.6 is 0 Å². The molecule has 1 aliphatic carbocycles. The van der Waals surface area contributed by atoms with Crippen molar-refractivity contribution >= 4 is 5.91 Å². The molecular weight excluding hydrogens is 260 g/mol. The highest BCUT2D eigenvalue weighted by Gasteiger charge is 2.11. The highest BCUT2D eigenvalue weighted by atomic mass is 16.1. The van der Waals surface area contributed by atoms with Crippen molar-refractivity contribution in [2.75, 3.05) is 0 Å². The van der Waals surface area contributed by atoms with Gasteiger partial charge in [0, 0.05) is 6.20 Å². The Morgan fingerprint density at radius 1 is 1.10 bits per heavy atom. The highest BCUT2D eigenvalue weighted by Crippen LogP contribution is 2.22. The van der Waals surface area contributed by atoms with Gasteiger partial charge in [0.25, 0.3) is 0 Å². The second-order valence-electron chi connectivity index (χ2n) is 5.58. The van der Waals surface area contributed by atoms with E-state index < -0.39 is 0 Å². The third-order valence-electron chi connectivity index (χ3n) is 3.97. The van der Waals surface area contributed by atoms with Gasteiger partial charge < -0.3 is 5.32 Å². The van der Waals surface area contributed by atoms with Crippen LogP contribution in [0.1, 0.15) is 35.2 Å². The normalized spacial score (nSPS) is 13.5. The van der Waals surface area contributed by atoms with Gasteiger partial charge in [-0.2, -0.15) is 0 Å². The lowest BCUT2D eigenvalue weighted by atomic mass is 9.90. The van der Waals surface area contributed by atoms with Crippen molar-refractivity contribution in [3.05, 3.63) is 65.0 Å². The third-order valence-corrected chi connectivity index (χ3v) is 3.97. The summed E-state index contributed by atoms with van der Waals surface area (Å²) in [4.78, 5) is 16.2. The maximum atomic E-state index is 12.0. The predicted molar refractivity (Wildman–Crippen MR) is 82.9 cm³/mol. The number of hydrogen-bond acceptors (Lipinski definition) is 2. The Bertz CT molecular complexity index is 622. The third kappa shape index (κ3) is 3.69. The zero-order chi connectivity index (χ0) is 14.5. The van der Waals surface area contributed by atoms with Crippen molar-refractivity contribution in [3.63, 3.8) is 0 Å². The lowest BCUT2D eigenvalue weighted by Gasteiger charge is -2.16. The number of nitrogens with one attached hydrogen (secondary N) is 1. The number of rotatable bonds is 4. The summed E-state index contributed by atoms with van der Waals surface area (Å²) in [5.41, 5.74) is 4.88. The molecule has 21 heavy (non-hydrogen) atoms. The molecule has 0 radical (unpaired) electrons. The largest absolute Gasteiger partial charge is 0.350 e. The first-order chi connectivity index (χ1) is 10.3. The Hall–Kier alpha value is -2.16. The Balaban J connectivity index is 1.57. The van der Waals surface area contributed by atoms with Crippen molar-refractivity contribution in [2.24, 2.45) is 0 Å². The molecule has 3 rings (SSSR count). The van der Waals surface area contributed by atoms with Gasteiger partial charge >= 0.3 is 0 Å². The molecule has 0 spiro atoms. The topological polar surface area (TPSA) is 42.0 Å². The minimum atomic E-state index is 0.0522. The molecule has 3 nitrogen and oxygen atoms in total. The van der Waals surface area contributed by atoms with Crippen LogP contribution in [-0.2, 0) is 30.6 Å². The number of carbonyl (C=O) groups excluding carboxylic acids is 1. The fourth-order valence-electron chi connectivity index (χ4n) is 2.84. The van der Waals surface area contributed by atoms with Crippen LogP contribution in [0.25, 0.3) is 0 Å². The van der Waals surface area contributed by atoms with E-state index in [-0.39, 0.29) is 5.91 Å². The number of carbonyl (C=O) groups is 1. The van der Waals surface area contributed by atoms with E-state index in [2.05, 4.69) is 28.5 Å². The first-order valence-corrected chi connectivity index (χ1v) is 7.58. The number of benzene rings is 1. The van der Waals surface area contributed by atoms with Gasteiger partial charge in [-0.25, -0.2) is 0 Å². The summed E-state index contributed by atoms with van der Waals surface area (Å²) in [6, 6.07) is 12.2. The SMILES string of the molecule is O=C(Cc1ccc2c(c1)CCCC2)NCc1ccccn1. The van der Waals surface area contributed by atoms with Gasteiger partial charge in [0.2, 0.25) is 5.91 Å². The number of aromatic nitrogens is 1. The molecule has 2 aromatic rings. The molecule has 108 valence electrons. The molecule has 3 heteroatoms. The van der Waals surface area contributed by atoms with E-state index in [4.69, 9.17) is 0 Å². The molecule has 1 aromatic heterocycles. The van der Waals surface area contributed by atoms with Crippen LogP contribution in [0.2, 0.25) is 0 Å². The van der Waals surface area contributed by atoms with Crippen LogP contribution in [0.4, 0.5) is 0 Å². The minimum absolute atomic E-state index is 0.0522. The van der Waals surface area contributed by atoms with Crippen LogP contribution in [0.3, 0.4) is 0 Å². The highest BCUT2D eigenvalue weighted by molar-refractivity contribution is 5.78. The predicted octanol–water partition coefficient (Wildman–Crippen LogP) is 2.82. The molecule has 1 heterocycles. The lowest BCUT2D eigenvalue weighted by molar-refractivity contribution is -0.120. The molecule has 0 unspecified atom stereocenters. The van der Waals surface area contributed by atoms with Gasteiger partial charge in [0.15, 0.2) is 0 Å². The second kappa shape index (κ2) is 6.53. The average Bonchev–Trinajstić information content (AvgIpc) is 2.54. The van der Waals surface area contributed by atoms with Gasteiger partial charge in [-0.05, 0) is 54.5 Å². The maximum Gasteiger partial charge on any atom is 0.224 e. The summed E-state index contributed by atoms with van der Waals surface area (Å²) in [5, 5.41) is 2.93. The summed E-state index contributed by atoms with van der Waals surface area (Å²) in [5.74, 6) is 0.0522. The maximum absolute atomic E-state index is 12.0. The van der Waals surface area contributed by atoms with E-state index in [1.165, 1.54) is 30.4 Å². The zero-order valence-corrected chi connectivity index (χ0v) is 12.1. The van der Waals surface area contributed by atoms with E-state index in [1.54, 1.807) is 6.20 Å². The fourth-order valence-corrected chi connectivity index (χ4v) is 2.84. The summed E-state index contributed by atoms with van der Waals surface area (Å²) in [7, 11) is 0. The standard InChI is InChI=1S/C18H20N2O/c21-18(20-13-17-7-3-4-10-19-17)12-14-8-9-15-5-1-2-6-16(15)11-14/h3-4,7-11H,1-2,5-6,12-13H2,(H,20,21). The Labute approximate surface area is 125 Å². The van der Waals surface area contributed by atoms with Crippen LogP contribution < -0.4 is 5.32 Å². The van der Waals surface area contributed by atoms with E-state index >= 15 is 0 Å². The van der Waals surface area contributed by atoms with Crippen molar-refractivity contribution < 1.29 is 4.79 Å².